The lowest BCUT2D eigenvalue weighted by molar-refractivity contribution is -0.0366. The van der Waals surface area contributed by atoms with Crippen LogP contribution in [0.1, 0.15) is 65.9 Å². The average molecular weight is 487 g/mol. The van der Waals surface area contributed by atoms with E-state index in [0.717, 1.165) is 59.4 Å². The maximum absolute atomic E-state index is 11.3. The van der Waals surface area contributed by atoms with Gasteiger partial charge >= 0.3 is 0 Å². The van der Waals surface area contributed by atoms with Gasteiger partial charge in [-0.3, -0.25) is 4.79 Å². The summed E-state index contributed by atoms with van der Waals surface area (Å²) in [5.74, 6) is 0. The van der Waals surface area contributed by atoms with Crippen LogP contribution < -0.4 is 0 Å². The molecule has 0 radical (unpaired) electrons. The molecule has 0 spiro atoms. The molecular weight excluding hydrogens is 456 g/mol. The molecule has 37 heavy (non-hydrogen) atoms. The van der Waals surface area contributed by atoms with Gasteiger partial charge in [0.05, 0.1) is 11.7 Å². The largest absolute Gasteiger partial charge is 0.356 e. The first-order valence-corrected chi connectivity index (χ1v) is 13.1. The number of aromatic nitrogens is 2. The molecule has 1 aromatic heterocycles. The van der Waals surface area contributed by atoms with Gasteiger partial charge in [-0.1, -0.05) is 67.6 Å². The van der Waals surface area contributed by atoms with Crippen LogP contribution in [0.15, 0.2) is 91.1 Å². The Morgan fingerprint density at radius 1 is 0.892 bits per heavy atom. The third kappa shape index (κ3) is 4.49. The van der Waals surface area contributed by atoms with Gasteiger partial charge in [-0.25, -0.2) is 4.68 Å². The molecule has 6 rings (SSSR count). The van der Waals surface area contributed by atoms with Gasteiger partial charge in [0, 0.05) is 17.6 Å². The van der Waals surface area contributed by atoms with E-state index in [1.165, 1.54) is 28.7 Å². The highest BCUT2D eigenvalue weighted by molar-refractivity contribution is 6.02. The summed E-state index contributed by atoms with van der Waals surface area (Å²) >= 11 is 0. The molecule has 0 amide bonds. The molecule has 1 atom stereocenters. The number of allylic oxidation sites excluding steroid dienone is 1. The van der Waals surface area contributed by atoms with Crippen LogP contribution in [0, 0.1) is 0 Å². The van der Waals surface area contributed by atoms with Gasteiger partial charge in [0.2, 0.25) is 0 Å². The number of rotatable bonds is 6. The van der Waals surface area contributed by atoms with E-state index in [1.54, 1.807) is 0 Å². The van der Waals surface area contributed by atoms with Crippen LogP contribution in [0.25, 0.3) is 32.8 Å². The molecule has 0 bridgehead atoms. The van der Waals surface area contributed by atoms with Crippen molar-refractivity contribution in [3.8, 4) is 0 Å². The number of ether oxygens (including phenoxy) is 1. The second kappa shape index (κ2) is 10.2. The third-order valence-electron chi connectivity index (χ3n) is 7.38. The molecular formula is C33H30N2O2. The van der Waals surface area contributed by atoms with E-state index in [9.17, 15) is 4.79 Å². The molecule has 0 saturated carbocycles. The SMILES string of the molecule is CC/C(=C(\c1ccc2cc(C=O)ccc2c1)c1ccc2c(cnn2C2CCCCO2)c1)c1ccccc1. The number of nitrogens with zero attached hydrogens (tertiary/aromatic N) is 2. The summed E-state index contributed by atoms with van der Waals surface area (Å²) < 4.78 is 8.06. The Hall–Kier alpha value is -4.02. The molecule has 5 aromatic rings. The molecule has 4 nitrogen and oxygen atoms in total. The summed E-state index contributed by atoms with van der Waals surface area (Å²) in [5, 5.41) is 8.02. The summed E-state index contributed by atoms with van der Waals surface area (Å²) in [7, 11) is 0. The van der Waals surface area contributed by atoms with Crippen LogP contribution in [0.4, 0.5) is 0 Å². The Morgan fingerprint density at radius 3 is 2.41 bits per heavy atom. The quantitative estimate of drug-likeness (QED) is 0.180. The molecule has 1 fully saturated rings. The third-order valence-corrected chi connectivity index (χ3v) is 7.38. The zero-order valence-corrected chi connectivity index (χ0v) is 21.1. The van der Waals surface area contributed by atoms with Gasteiger partial charge in [-0.05, 0) is 88.6 Å². The van der Waals surface area contributed by atoms with Crippen LogP contribution in [-0.2, 0) is 4.74 Å². The molecule has 1 unspecified atom stereocenters. The van der Waals surface area contributed by atoms with Gasteiger partial charge in [0.1, 0.15) is 6.29 Å². The van der Waals surface area contributed by atoms with Crippen molar-refractivity contribution in [2.24, 2.45) is 0 Å². The second-order valence-electron chi connectivity index (χ2n) is 9.70. The van der Waals surface area contributed by atoms with Crippen molar-refractivity contribution >= 4 is 39.1 Å². The van der Waals surface area contributed by atoms with E-state index in [1.807, 2.05) is 29.1 Å². The minimum absolute atomic E-state index is 0.0133. The van der Waals surface area contributed by atoms with E-state index in [2.05, 4.69) is 73.7 Å². The summed E-state index contributed by atoms with van der Waals surface area (Å²) in [6.07, 6.45) is 7.06. The summed E-state index contributed by atoms with van der Waals surface area (Å²) in [4.78, 5) is 11.3. The fourth-order valence-electron chi connectivity index (χ4n) is 5.53. The first kappa shape index (κ1) is 23.4. The topological polar surface area (TPSA) is 44.1 Å². The van der Waals surface area contributed by atoms with Gasteiger partial charge in [-0.2, -0.15) is 5.10 Å². The molecule has 4 heteroatoms. The number of hydrogen-bond donors (Lipinski definition) is 0. The van der Waals surface area contributed by atoms with Crippen molar-refractivity contribution in [3.63, 3.8) is 0 Å². The first-order valence-electron chi connectivity index (χ1n) is 13.1. The Balaban J connectivity index is 1.53. The highest BCUT2D eigenvalue weighted by Crippen LogP contribution is 2.37. The lowest BCUT2D eigenvalue weighted by Crippen LogP contribution is -2.18. The van der Waals surface area contributed by atoms with Crippen LogP contribution in [0.2, 0.25) is 0 Å². The van der Waals surface area contributed by atoms with Crippen molar-refractivity contribution in [3.05, 3.63) is 113 Å². The molecule has 1 aliphatic heterocycles. The Morgan fingerprint density at radius 2 is 1.65 bits per heavy atom. The zero-order valence-electron chi connectivity index (χ0n) is 21.1. The maximum Gasteiger partial charge on any atom is 0.150 e. The molecule has 0 N–H and O–H groups in total. The minimum Gasteiger partial charge on any atom is -0.356 e. The van der Waals surface area contributed by atoms with Gasteiger partial charge < -0.3 is 4.74 Å². The molecule has 1 saturated heterocycles. The Bertz CT molecular complexity index is 1610. The Labute approximate surface area is 217 Å². The number of aldehydes is 1. The number of carbonyl (C=O) groups excluding carboxylic acids is 1. The number of hydrogen-bond acceptors (Lipinski definition) is 3. The molecule has 1 aliphatic rings. The molecule has 184 valence electrons. The second-order valence-corrected chi connectivity index (χ2v) is 9.70. The fourth-order valence-corrected chi connectivity index (χ4v) is 5.53. The number of carbonyl (C=O) groups is 1. The maximum atomic E-state index is 11.3. The van der Waals surface area contributed by atoms with E-state index in [0.29, 0.717) is 5.56 Å². The van der Waals surface area contributed by atoms with Gasteiger partial charge in [0.25, 0.3) is 0 Å². The molecule has 4 aromatic carbocycles. The lowest BCUT2D eigenvalue weighted by Gasteiger charge is -2.23. The van der Waals surface area contributed by atoms with E-state index in [4.69, 9.17) is 9.84 Å². The molecule has 0 aliphatic carbocycles. The molecule has 2 heterocycles. The number of benzene rings is 4. The smallest absolute Gasteiger partial charge is 0.150 e. The van der Waals surface area contributed by atoms with Crippen molar-refractivity contribution in [1.82, 2.24) is 9.78 Å². The number of fused-ring (bicyclic) bond motifs is 2. The van der Waals surface area contributed by atoms with Gasteiger partial charge in [0.15, 0.2) is 6.23 Å². The summed E-state index contributed by atoms with van der Waals surface area (Å²) in [6.45, 7) is 3.01. The lowest BCUT2D eigenvalue weighted by atomic mass is 9.87. The van der Waals surface area contributed by atoms with E-state index in [-0.39, 0.29) is 6.23 Å². The standard InChI is InChI=1S/C33H30N2O2/c1-2-30(24-8-4-3-5-9-24)33(27-14-13-25-18-23(22-36)11-12-26(25)19-27)28-15-16-31-29(20-28)21-34-35(31)32-10-6-7-17-37-32/h3-5,8-9,11-16,18-22,32H,2,6-7,10,17H2,1H3/b33-30-. The summed E-state index contributed by atoms with van der Waals surface area (Å²) in [6, 6.07) is 29.7. The van der Waals surface area contributed by atoms with Crippen LogP contribution in [-0.4, -0.2) is 22.7 Å². The van der Waals surface area contributed by atoms with Gasteiger partial charge in [-0.15, -0.1) is 0 Å². The highest BCUT2D eigenvalue weighted by atomic mass is 16.5. The normalized spacial score (nSPS) is 16.6. The van der Waals surface area contributed by atoms with Crippen LogP contribution in [0.5, 0.6) is 0 Å². The minimum atomic E-state index is 0.0133. The Kier molecular flexibility index (Phi) is 6.42. The van der Waals surface area contributed by atoms with Crippen molar-refractivity contribution in [2.45, 2.75) is 38.8 Å². The fraction of sp³-hybridized carbons (Fsp3) is 0.212. The van der Waals surface area contributed by atoms with Crippen LogP contribution >= 0.6 is 0 Å². The zero-order chi connectivity index (χ0) is 25.2. The predicted molar refractivity (Wildman–Crippen MR) is 151 cm³/mol. The first-order chi connectivity index (χ1) is 18.2. The monoisotopic (exact) mass is 486 g/mol. The van der Waals surface area contributed by atoms with Crippen molar-refractivity contribution < 1.29 is 9.53 Å². The average Bonchev–Trinajstić information content (AvgIpc) is 3.39. The highest BCUT2D eigenvalue weighted by Gasteiger charge is 2.20. The van der Waals surface area contributed by atoms with Crippen molar-refractivity contribution in [2.75, 3.05) is 6.61 Å². The predicted octanol–water partition coefficient (Wildman–Crippen LogP) is 8.07. The van der Waals surface area contributed by atoms with E-state index >= 15 is 0 Å². The van der Waals surface area contributed by atoms with E-state index < -0.39 is 0 Å². The van der Waals surface area contributed by atoms with Crippen LogP contribution in [0.3, 0.4) is 0 Å². The summed E-state index contributed by atoms with van der Waals surface area (Å²) in [5.41, 5.74) is 7.87. The van der Waals surface area contributed by atoms with Crippen molar-refractivity contribution in [1.29, 1.82) is 0 Å².